The van der Waals surface area contributed by atoms with Crippen LogP contribution in [0, 0.1) is 0 Å². The number of carbonyl (C=O) groups is 1. The second kappa shape index (κ2) is 15.1. The van der Waals surface area contributed by atoms with Crippen molar-refractivity contribution < 1.29 is 23.7 Å². The maximum absolute atomic E-state index is 10.5. The summed E-state index contributed by atoms with van der Waals surface area (Å²) in [6.07, 6.45) is 5.72. The Balaban J connectivity index is 1.81. The molecule has 0 N–H and O–H groups in total. The van der Waals surface area contributed by atoms with E-state index < -0.39 is 0 Å². The van der Waals surface area contributed by atoms with E-state index in [1.54, 1.807) is 24.3 Å². The molecule has 0 aliphatic carbocycles. The van der Waals surface area contributed by atoms with Crippen LogP contribution in [0.1, 0.15) is 43.0 Å². The molecule has 5 nitrogen and oxygen atoms in total. The zero-order valence-corrected chi connectivity index (χ0v) is 14.7. The maximum Gasteiger partial charge on any atom is 0.150 e. The lowest BCUT2D eigenvalue weighted by atomic mass is 10.2. The molecule has 0 heterocycles. The quantitative estimate of drug-likeness (QED) is 0.341. The van der Waals surface area contributed by atoms with Gasteiger partial charge in [0.1, 0.15) is 18.6 Å². The molecule has 0 unspecified atom stereocenters. The Bertz CT molecular complexity index is 405. The highest BCUT2D eigenvalue weighted by Gasteiger charge is 1.96. The Morgan fingerprint density at radius 3 is 1.92 bits per heavy atom. The second-order valence-electron chi connectivity index (χ2n) is 5.43. The third-order valence-electron chi connectivity index (χ3n) is 3.40. The molecule has 0 amide bonds. The highest BCUT2D eigenvalue weighted by molar-refractivity contribution is 5.74. The van der Waals surface area contributed by atoms with Gasteiger partial charge in [-0.05, 0) is 30.7 Å². The lowest BCUT2D eigenvalue weighted by molar-refractivity contribution is 0.00879. The van der Waals surface area contributed by atoms with Gasteiger partial charge in [-0.3, -0.25) is 4.79 Å². The van der Waals surface area contributed by atoms with Crippen molar-refractivity contribution in [2.75, 3.05) is 46.2 Å². The molecule has 0 fully saturated rings. The highest BCUT2D eigenvalue weighted by Crippen LogP contribution is 2.10. The van der Waals surface area contributed by atoms with Crippen LogP contribution in [0.5, 0.6) is 5.75 Å². The summed E-state index contributed by atoms with van der Waals surface area (Å²) in [5.74, 6) is 0.733. The van der Waals surface area contributed by atoms with Crippen molar-refractivity contribution in [1.82, 2.24) is 0 Å². The average Bonchev–Trinajstić information content (AvgIpc) is 2.62. The summed E-state index contributed by atoms with van der Waals surface area (Å²) in [6, 6.07) is 7.00. The van der Waals surface area contributed by atoms with E-state index in [9.17, 15) is 4.79 Å². The van der Waals surface area contributed by atoms with Crippen LogP contribution in [0.4, 0.5) is 0 Å². The van der Waals surface area contributed by atoms with E-state index in [0.717, 1.165) is 25.1 Å². The van der Waals surface area contributed by atoms with Gasteiger partial charge in [0.05, 0.1) is 33.0 Å². The largest absolute Gasteiger partial charge is 0.491 e. The van der Waals surface area contributed by atoms with Crippen molar-refractivity contribution in [1.29, 1.82) is 0 Å². The Morgan fingerprint density at radius 1 is 0.750 bits per heavy atom. The molecule has 1 aromatic rings. The van der Waals surface area contributed by atoms with Gasteiger partial charge in [-0.15, -0.1) is 0 Å². The van der Waals surface area contributed by atoms with E-state index in [1.807, 2.05) is 0 Å². The fourth-order valence-corrected chi connectivity index (χ4v) is 2.03. The van der Waals surface area contributed by atoms with Crippen LogP contribution in [0.3, 0.4) is 0 Å². The number of carbonyl (C=O) groups excluding carboxylic acids is 1. The number of ether oxygens (including phenoxy) is 4. The maximum atomic E-state index is 10.5. The fourth-order valence-electron chi connectivity index (χ4n) is 2.03. The van der Waals surface area contributed by atoms with Crippen LogP contribution in [0.2, 0.25) is 0 Å². The van der Waals surface area contributed by atoms with Crippen molar-refractivity contribution in [2.24, 2.45) is 0 Å². The molecular formula is C19H30O5. The number of unbranched alkanes of at least 4 members (excludes halogenated alkanes) is 3. The molecule has 1 rings (SSSR count). The summed E-state index contributed by atoms with van der Waals surface area (Å²) in [5.41, 5.74) is 0.640. The Morgan fingerprint density at radius 2 is 1.33 bits per heavy atom. The summed E-state index contributed by atoms with van der Waals surface area (Å²) in [5, 5.41) is 0. The Hall–Kier alpha value is -1.43. The molecule has 0 bridgehead atoms. The van der Waals surface area contributed by atoms with Crippen LogP contribution in [-0.4, -0.2) is 52.5 Å². The first-order valence-corrected chi connectivity index (χ1v) is 8.78. The minimum Gasteiger partial charge on any atom is -0.491 e. The van der Waals surface area contributed by atoms with Gasteiger partial charge >= 0.3 is 0 Å². The number of benzene rings is 1. The molecule has 5 heteroatoms. The van der Waals surface area contributed by atoms with E-state index in [-0.39, 0.29) is 0 Å². The zero-order valence-electron chi connectivity index (χ0n) is 14.7. The standard InChI is InChI=1S/C19H30O5/c1-2-3-4-5-10-21-11-12-22-13-14-23-15-16-24-19-8-6-18(17-20)7-9-19/h6-9,17H,2-5,10-16H2,1H3. The lowest BCUT2D eigenvalue weighted by Gasteiger charge is -2.08. The van der Waals surface area contributed by atoms with Crippen molar-refractivity contribution in [3.8, 4) is 5.75 Å². The van der Waals surface area contributed by atoms with Gasteiger partial charge in [-0.1, -0.05) is 26.2 Å². The molecule has 0 aliphatic heterocycles. The van der Waals surface area contributed by atoms with Gasteiger partial charge in [0.25, 0.3) is 0 Å². The molecule has 24 heavy (non-hydrogen) atoms. The summed E-state index contributed by atoms with van der Waals surface area (Å²) in [4.78, 5) is 10.5. The monoisotopic (exact) mass is 338 g/mol. The molecule has 0 aromatic heterocycles. The molecular weight excluding hydrogens is 308 g/mol. The smallest absolute Gasteiger partial charge is 0.150 e. The zero-order chi connectivity index (χ0) is 17.3. The van der Waals surface area contributed by atoms with E-state index >= 15 is 0 Å². The van der Waals surface area contributed by atoms with Crippen LogP contribution in [-0.2, 0) is 14.2 Å². The molecule has 0 radical (unpaired) electrons. The molecule has 0 atom stereocenters. The molecule has 1 aromatic carbocycles. The van der Waals surface area contributed by atoms with Gasteiger partial charge in [0.2, 0.25) is 0 Å². The minimum atomic E-state index is 0.474. The van der Waals surface area contributed by atoms with Gasteiger partial charge in [0, 0.05) is 12.2 Å². The normalized spacial score (nSPS) is 10.7. The predicted octanol–water partition coefficient (Wildman–Crippen LogP) is 3.51. The second-order valence-corrected chi connectivity index (χ2v) is 5.43. The van der Waals surface area contributed by atoms with Crippen LogP contribution < -0.4 is 4.74 Å². The van der Waals surface area contributed by atoms with Crippen LogP contribution >= 0.6 is 0 Å². The van der Waals surface area contributed by atoms with Crippen molar-refractivity contribution in [3.63, 3.8) is 0 Å². The van der Waals surface area contributed by atoms with Gasteiger partial charge < -0.3 is 18.9 Å². The van der Waals surface area contributed by atoms with Crippen molar-refractivity contribution in [3.05, 3.63) is 29.8 Å². The van der Waals surface area contributed by atoms with E-state index in [4.69, 9.17) is 18.9 Å². The Kier molecular flexibility index (Phi) is 13.0. The number of rotatable bonds is 16. The third-order valence-corrected chi connectivity index (χ3v) is 3.40. The highest BCUT2D eigenvalue weighted by atomic mass is 16.6. The van der Waals surface area contributed by atoms with Crippen molar-refractivity contribution >= 4 is 6.29 Å². The lowest BCUT2D eigenvalue weighted by Crippen LogP contribution is -2.13. The first-order chi connectivity index (χ1) is 11.9. The number of aldehydes is 1. The van der Waals surface area contributed by atoms with E-state index in [2.05, 4.69) is 6.92 Å². The van der Waals surface area contributed by atoms with Crippen LogP contribution in [0.25, 0.3) is 0 Å². The molecule has 0 saturated carbocycles. The number of hydrogen-bond donors (Lipinski definition) is 0. The first kappa shape index (κ1) is 20.6. The SMILES string of the molecule is CCCCCCOCCOCCOCCOc1ccc(C=O)cc1. The van der Waals surface area contributed by atoms with Crippen molar-refractivity contribution in [2.45, 2.75) is 32.6 Å². The summed E-state index contributed by atoms with van der Waals surface area (Å²) >= 11 is 0. The predicted molar refractivity (Wildman–Crippen MR) is 93.9 cm³/mol. The van der Waals surface area contributed by atoms with E-state index in [0.29, 0.717) is 45.2 Å². The van der Waals surface area contributed by atoms with E-state index in [1.165, 1.54) is 19.3 Å². The summed E-state index contributed by atoms with van der Waals surface area (Å²) < 4.78 is 21.8. The van der Waals surface area contributed by atoms with Crippen LogP contribution in [0.15, 0.2) is 24.3 Å². The summed E-state index contributed by atoms with van der Waals surface area (Å²) in [6.45, 7) is 6.37. The molecule has 136 valence electrons. The minimum absolute atomic E-state index is 0.474. The average molecular weight is 338 g/mol. The van der Waals surface area contributed by atoms with Gasteiger partial charge in [-0.2, -0.15) is 0 Å². The Labute approximate surface area is 145 Å². The topological polar surface area (TPSA) is 54.0 Å². The molecule has 0 spiro atoms. The van der Waals surface area contributed by atoms with Gasteiger partial charge in [0.15, 0.2) is 0 Å². The van der Waals surface area contributed by atoms with Gasteiger partial charge in [-0.25, -0.2) is 0 Å². The number of hydrogen-bond acceptors (Lipinski definition) is 5. The first-order valence-electron chi connectivity index (χ1n) is 8.78. The third kappa shape index (κ3) is 11.2. The molecule has 0 saturated heterocycles. The summed E-state index contributed by atoms with van der Waals surface area (Å²) in [7, 11) is 0. The molecule has 0 aliphatic rings. The fraction of sp³-hybridized carbons (Fsp3) is 0.632.